The number of hydrogen-bond donors (Lipinski definition) is 0. The van der Waals surface area contributed by atoms with E-state index >= 15 is 0 Å². The summed E-state index contributed by atoms with van der Waals surface area (Å²) in [5.41, 5.74) is 0. The molecule has 0 aliphatic carbocycles. The minimum Gasteiger partial charge on any atom is -0.211 e. The number of rotatable bonds is 10. The lowest BCUT2D eigenvalue weighted by Gasteiger charge is -2.09. The Bertz CT molecular complexity index is 347. The molecular formula is C12H17N3O3. The van der Waals surface area contributed by atoms with E-state index in [0.717, 1.165) is 32.1 Å². The molecule has 0 aromatic rings. The van der Waals surface area contributed by atoms with E-state index in [4.69, 9.17) is 0 Å². The topological polar surface area (TPSA) is 88.3 Å². The predicted molar refractivity (Wildman–Crippen MR) is 65.3 cm³/mol. The van der Waals surface area contributed by atoms with Crippen LogP contribution >= 0.6 is 0 Å². The highest BCUT2D eigenvalue weighted by Crippen LogP contribution is 2.13. The molecule has 6 heteroatoms. The molecule has 6 nitrogen and oxygen atoms in total. The maximum absolute atomic E-state index is 10.2. The molecule has 0 amide bonds. The summed E-state index contributed by atoms with van der Waals surface area (Å²) in [7, 11) is 0. The van der Waals surface area contributed by atoms with Crippen molar-refractivity contribution in [2.45, 2.75) is 57.7 Å². The third kappa shape index (κ3) is 8.31. The average Bonchev–Trinajstić information content (AvgIpc) is 2.35. The number of nitrogens with zero attached hydrogens (tertiary/aromatic N) is 3. The number of unbranched alkanes of at least 4 members (excludes halogenated alkanes) is 1. The van der Waals surface area contributed by atoms with Crippen molar-refractivity contribution in [1.82, 2.24) is 0 Å². The molecule has 0 aliphatic heterocycles. The molecule has 0 saturated heterocycles. The van der Waals surface area contributed by atoms with E-state index in [-0.39, 0.29) is 6.04 Å². The Morgan fingerprint density at radius 2 is 1.39 bits per heavy atom. The van der Waals surface area contributed by atoms with E-state index in [1.165, 1.54) is 12.2 Å². The van der Waals surface area contributed by atoms with Crippen molar-refractivity contribution < 1.29 is 14.4 Å². The fourth-order valence-corrected chi connectivity index (χ4v) is 1.67. The summed E-state index contributed by atoms with van der Waals surface area (Å²) < 4.78 is 0. The van der Waals surface area contributed by atoms with Crippen LogP contribution in [0.3, 0.4) is 0 Å². The minimum atomic E-state index is -0.681. The highest BCUT2D eigenvalue weighted by molar-refractivity contribution is 5.36. The van der Waals surface area contributed by atoms with Crippen LogP contribution in [-0.4, -0.2) is 30.4 Å². The minimum absolute atomic E-state index is 0.00935. The van der Waals surface area contributed by atoms with Gasteiger partial charge in [0.25, 0.3) is 0 Å². The molecule has 18 heavy (non-hydrogen) atoms. The molecule has 0 aromatic carbocycles. The summed E-state index contributed by atoms with van der Waals surface area (Å²) in [4.78, 5) is 40.8. The smallest absolute Gasteiger partial charge is 0.211 e. The van der Waals surface area contributed by atoms with Crippen molar-refractivity contribution in [3.63, 3.8) is 0 Å². The zero-order chi connectivity index (χ0) is 13.6. The fourth-order valence-electron chi connectivity index (χ4n) is 1.67. The first kappa shape index (κ1) is 16.1. The normalized spacial score (nSPS) is 12.5. The van der Waals surface area contributed by atoms with Gasteiger partial charge >= 0.3 is 0 Å². The first-order valence-electron chi connectivity index (χ1n) is 5.99. The molecular weight excluding hydrogens is 234 g/mol. The molecule has 0 N–H and O–H groups in total. The van der Waals surface area contributed by atoms with Crippen molar-refractivity contribution in [2.75, 3.05) is 0 Å². The van der Waals surface area contributed by atoms with Crippen LogP contribution in [0.1, 0.15) is 45.4 Å². The van der Waals surface area contributed by atoms with E-state index in [0.29, 0.717) is 6.42 Å². The molecule has 98 valence electrons. The fraction of sp³-hybridized carbons (Fsp3) is 0.750. The lowest BCUT2D eigenvalue weighted by Crippen LogP contribution is -2.05. The van der Waals surface area contributed by atoms with Gasteiger partial charge in [-0.05, 0) is 25.7 Å². The number of aliphatic imine (C=N–C) groups is 3. The quantitative estimate of drug-likeness (QED) is 0.338. The molecule has 0 fully saturated rings. The summed E-state index contributed by atoms with van der Waals surface area (Å²) in [5, 5.41) is 0. The van der Waals surface area contributed by atoms with Crippen LogP contribution in [-0.2, 0) is 14.4 Å². The van der Waals surface area contributed by atoms with Gasteiger partial charge in [-0.2, -0.15) is 9.98 Å². The van der Waals surface area contributed by atoms with Gasteiger partial charge in [0.05, 0.1) is 6.04 Å². The molecule has 0 aromatic heterocycles. The number of isocyanates is 3. The second kappa shape index (κ2) is 11.6. The molecule has 0 aliphatic rings. The first-order chi connectivity index (χ1) is 8.78. The van der Waals surface area contributed by atoms with E-state index in [1.54, 1.807) is 6.08 Å². The number of hydrogen-bond acceptors (Lipinski definition) is 6. The van der Waals surface area contributed by atoms with Crippen LogP contribution in [0, 0.1) is 0 Å². The van der Waals surface area contributed by atoms with Gasteiger partial charge in [-0.1, -0.05) is 19.8 Å². The molecule has 0 spiro atoms. The van der Waals surface area contributed by atoms with Gasteiger partial charge in [0.15, 0.2) is 6.17 Å². The number of carbonyl (C=O) groups excluding carboxylic acids is 3. The van der Waals surface area contributed by atoms with E-state index in [2.05, 4.69) is 15.0 Å². The zero-order valence-electron chi connectivity index (χ0n) is 10.5. The summed E-state index contributed by atoms with van der Waals surface area (Å²) in [6.45, 7) is 2.03. The summed E-state index contributed by atoms with van der Waals surface area (Å²) in [6, 6.07) is 0.00935. The summed E-state index contributed by atoms with van der Waals surface area (Å²) in [5.74, 6) is 0. The second-order valence-electron chi connectivity index (χ2n) is 3.87. The van der Waals surface area contributed by atoms with Crippen LogP contribution in [0.5, 0.6) is 0 Å². The molecule has 1 unspecified atom stereocenters. The van der Waals surface area contributed by atoms with E-state index < -0.39 is 6.17 Å². The monoisotopic (exact) mass is 251 g/mol. The highest BCUT2D eigenvalue weighted by atomic mass is 16.1. The lowest BCUT2D eigenvalue weighted by atomic mass is 10.0. The second-order valence-corrected chi connectivity index (χ2v) is 3.87. The Balaban J connectivity index is 3.97. The predicted octanol–water partition coefficient (Wildman–Crippen LogP) is 2.05. The first-order valence-corrected chi connectivity index (χ1v) is 5.99. The molecule has 0 rings (SSSR count). The van der Waals surface area contributed by atoms with Crippen LogP contribution in [0.4, 0.5) is 0 Å². The summed E-state index contributed by atoms with van der Waals surface area (Å²) >= 11 is 0. The van der Waals surface area contributed by atoms with Gasteiger partial charge in [-0.25, -0.2) is 19.4 Å². The van der Waals surface area contributed by atoms with Gasteiger partial charge in [0.2, 0.25) is 18.2 Å². The van der Waals surface area contributed by atoms with Crippen LogP contribution < -0.4 is 0 Å². The van der Waals surface area contributed by atoms with Crippen molar-refractivity contribution in [1.29, 1.82) is 0 Å². The molecule has 0 saturated carbocycles. The SMILES string of the molecule is CCCC(CCCCC(N=C=O)N=C=O)N=C=O. The molecule has 0 heterocycles. The standard InChI is InChI=1S/C12H17N3O3/c1-2-5-11(13-8-16)6-3-4-7-12(14-9-17)15-10-18/h11-12H,2-7H2,1H3. The molecule has 0 bridgehead atoms. The third-order valence-corrected chi connectivity index (χ3v) is 2.51. The van der Waals surface area contributed by atoms with Crippen molar-refractivity contribution in [3.8, 4) is 0 Å². The van der Waals surface area contributed by atoms with E-state index in [9.17, 15) is 14.4 Å². The van der Waals surface area contributed by atoms with Gasteiger partial charge in [0.1, 0.15) is 0 Å². The zero-order valence-corrected chi connectivity index (χ0v) is 10.5. The Kier molecular flexibility index (Phi) is 10.4. The van der Waals surface area contributed by atoms with Gasteiger partial charge in [-0.3, -0.25) is 0 Å². The average molecular weight is 251 g/mol. The Morgan fingerprint density at radius 3 is 1.89 bits per heavy atom. The molecule has 0 radical (unpaired) electrons. The van der Waals surface area contributed by atoms with Crippen LogP contribution in [0.15, 0.2) is 15.0 Å². The lowest BCUT2D eigenvalue weighted by molar-refractivity contribution is 0.489. The van der Waals surface area contributed by atoms with Gasteiger partial charge in [-0.15, -0.1) is 0 Å². The maximum Gasteiger partial charge on any atom is 0.237 e. The van der Waals surface area contributed by atoms with Crippen molar-refractivity contribution >= 4 is 18.2 Å². The Morgan fingerprint density at radius 1 is 0.833 bits per heavy atom. The van der Waals surface area contributed by atoms with Crippen LogP contribution in [0.25, 0.3) is 0 Å². The van der Waals surface area contributed by atoms with E-state index in [1.807, 2.05) is 6.92 Å². The molecule has 1 atom stereocenters. The Hall–Kier alpha value is -1.86. The van der Waals surface area contributed by atoms with Crippen molar-refractivity contribution in [3.05, 3.63) is 0 Å². The summed E-state index contributed by atoms with van der Waals surface area (Å²) in [6.07, 6.45) is 8.32. The largest absolute Gasteiger partial charge is 0.237 e. The van der Waals surface area contributed by atoms with Gasteiger partial charge < -0.3 is 0 Å². The van der Waals surface area contributed by atoms with Crippen LogP contribution in [0.2, 0.25) is 0 Å². The highest BCUT2D eigenvalue weighted by Gasteiger charge is 2.07. The van der Waals surface area contributed by atoms with Crippen molar-refractivity contribution in [2.24, 2.45) is 15.0 Å². The van der Waals surface area contributed by atoms with Gasteiger partial charge in [0, 0.05) is 0 Å². The maximum atomic E-state index is 10.2. The third-order valence-electron chi connectivity index (χ3n) is 2.51. The Labute approximate surface area is 106 Å².